The van der Waals surface area contributed by atoms with Gasteiger partial charge in [-0.1, -0.05) is 53.7 Å². The molecule has 2 aromatic rings. The molecule has 27 heavy (non-hydrogen) atoms. The van der Waals surface area contributed by atoms with E-state index in [9.17, 15) is 4.79 Å². The number of thioether (sulfide) groups is 1. The average molecular weight is 451 g/mol. The van der Waals surface area contributed by atoms with Gasteiger partial charge in [-0.15, -0.1) is 5.10 Å². The number of hydrogen-bond acceptors (Lipinski definition) is 6. The van der Waals surface area contributed by atoms with Crippen LogP contribution >= 0.6 is 27.7 Å². The second-order valence-electron chi connectivity index (χ2n) is 6.71. The lowest BCUT2D eigenvalue weighted by Gasteiger charge is -2.28. The highest BCUT2D eigenvalue weighted by Crippen LogP contribution is 2.37. The van der Waals surface area contributed by atoms with Crippen LogP contribution in [0.2, 0.25) is 0 Å². The van der Waals surface area contributed by atoms with Gasteiger partial charge in [0.15, 0.2) is 0 Å². The molecule has 0 amide bonds. The van der Waals surface area contributed by atoms with E-state index in [1.165, 1.54) is 0 Å². The van der Waals surface area contributed by atoms with E-state index in [2.05, 4.69) is 45.2 Å². The molecule has 2 heterocycles. The standard InChI is InChI=1S/C19H23BrN4O2S/c1-5-26-17(25)15-12(4)21-18-22-19(27-10-11(2)3)23-24(18)16(15)13-6-8-14(20)9-7-13/h6-9,11,16H,5,10H2,1-4H3,(H,21,22,23). The van der Waals surface area contributed by atoms with Crippen molar-refractivity contribution in [2.45, 2.75) is 38.9 Å². The Bertz CT molecular complexity index is 861. The molecule has 1 unspecified atom stereocenters. The van der Waals surface area contributed by atoms with E-state index < -0.39 is 0 Å². The number of fused-ring (bicyclic) bond motifs is 1. The Kier molecular flexibility index (Phi) is 6.26. The maximum atomic E-state index is 12.7. The summed E-state index contributed by atoms with van der Waals surface area (Å²) in [6.07, 6.45) is 0. The van der Waals surface area contributed by atoms with Gasteiger partial charge in [0.1, 0.15) is 6.04 Å². The number of nitrogens with zero attached hydrogens (tertiary/aromatic N) is 3. The summed E-state index contributed by atoms with van der Waals surface area (Å²) in [4.78, 5) is 17.3. The highest BCUT2D eigenvalue weighted by molar-refractivity contribution is 9.10. The number of carbonyl (C=O) groups is 1. The number of aromatic nitrogens is 3. The van der Waals surface area contributed by atoms with Crippen LogP contribution in [-0.2, 0) is 9.53 Å². The van der Waals surface area contributed by atoms with Gasteiger partial charge < -0.3 is 10.1 Å². The van der Waals surface area contributed by atoms with Gasteiger partial charge in [0.05, 0.1) is 12.2 Å². The molecule has 0 bridgehead atoms. The summed E-state index contributed by atoms with van der Waals surface area (Å²) in [7, 11) is 0. The van der Waals surface area contributed by atoms with Crippen LogP contribution in [0, 0.1) is 5.92 Å². The highest BCUT2D eigenvalue weighted by atomic mass is 79.9. The summed E-state index contributed by atoms with van der Waals surface area (Å²) in [6, 6.07) is 7.51. The second-order valence-corrected chi connectivity index (χ2v) is 8.61. The molecule has 8 heteroatoms. The first-order chi connectivity index (χ1) is 12.9. The molecule has 6 nitrogen and oxygen atoms in total. The van der Waals surface area contributed by atoms with E-state index >= 15 is 0 Å². The van der Waals surface area contributed by atoms with Crippen molar-refractivity contribution in [2.75, 3.05) is 17.7 Å². The lowest BCUT2D eigenvalue weighted by Crippen LogP contribution is -2.29. The predicted octanol–water partition coefficient (Wildman–Crippen LogP) is 4.64. The van der Waals surface area contributed by atoms with Crippen LogP contribution in [0.25, 0.3) is 0 Å². The first-order valence-electron chi connectivity index (χ1n) is 8.90. The number of carbonyl (C=O) groups excluding carboxylic acids is 1. The van der Waals surface area contributed by atoms with E-state index in [0.717, 1.165) is 21.5 Å². The van der Waals surface area contributed by atoms with Gasteiger partial charge in [0.2, 0.25) is 11.1 Å². The molecule has 0 fully saturated rings. The molecular formula is C19H23BrN4O2S. The summed E-state index contributed by atoms with van der Waals surface area (Å²) >= 11 is 5.08. The molecule has 1 aliphatic heterocycles. The van der Waals surface area contributed by atoms with Gasteiger partial charge >= 0.3 is 5.97 Å². The first-order valence-corrected chi connectivity index (χ1v) is 10.7. The molecule has 0 aliphatic carbocycles. The number of benzene rings is 1. The Morgan fingerprint density at radius 2 is 2.07 bits per heavy atom. The van der Waals surface area contributed by atoms with Gasteiger partial charge in [-0.25, -0.2) is 9.48 Å². The van der Waals surface area contributed by atoms with Crippen LogP contribution in [0.4, 0.5) is 5.95 Å². The lowest BCUT2D eigenvalue weighted by molar-refractivity contribution is -0.139. The monoisotopic (exact) mass is 450 g/mol. The van der Waals surface area contributed by atoms with Crippen molar-refractivity contribution in [3.05, 3.63) is 45.6 Å². The van der Waals surface area contributed by atoms with Crippen LogP contribution in [0.1, 0.15) is 39.3 Å². The van der Waals surface area contributed by atoms with Crippen LogP contribution in [0.15, 0.2) is 45.2 Å². The lowest BCUT2D eigenvalue weighted by atomic mass is 9.96. The molecule has 1 aromatic carbocycles. The van der Waals surface area contributed by atoms with Crippen LogP contribution in [0.5, 0.6) is 0 Å². The Labute approximate surface area is 171 Å². The fourth-order valence-corrected chi connectivity index (χ4v) is 3.90. The van der Waals surface area contributed by atoms with Gasteiger partial charge in [0, 0.05) is 15.9 Å². The Morgan fingerprint density at radius 1 is 1.37 bits per heavy atom. The van der Waals surface area contributed by atoms with Gasteiger partial charge in [-0.2, -0.15) is 4.98 Å². The van der Waals surface area contributed by atoms with Crippen molar-refractivity contribution < 1.29 is 9.53 Å². The van der Waals surface area contributed by atoms with Crippen molar-refractivity contribution >= 4 is 39.6 Å². The second kappa shape index (κ2) is 8.48. The molecule has 1 aromatic heterocycles. The zero-order valence-corrected chi connectivity index (χ0v) is 18.2. The van der Waals surface area contributed by atoms with Gasteiger partial charge in [0.25, 0.3) is 0 Å². The van der Waals surface area contributed by atoms with E-state index in [1.54, 1.807) is 23.4 Å². The zero-order valence-electron chi connectivity index (χ0n) is 15.8. The number of hydrogen-bond donors (Lipinski definition) is 1. The molecule has 144 valence electrons. The molecule has 0 radical (unpaired) electrons. The third-order valence-electron chi connectivity index (χ3n) is 4.06. The van der Waals surface area contributed by atoms with Gasteiger partial charge in [-0.05, 0) is 37.5 Å². The minimum atomic E-state index is -0.380. The Morgan fingerprint density at radius 3 is 2.70 bits per heavy atom. The normalized spacial score (nSPS) is 16.3. The molecule has 1 atom stereocenters. The van der Waals surface area contributed by atoms with Crippen molar-refractivity contribution in [3.8, 4) is 0 Å². The van der Waals surface area contributed by atoms with Crippen molar-refractivity contribution in [2.24, 2.45) is 5.92 Å². The van der Waals surface area contributed by atoms with E-state index in [-0.39, 0.29) is 12.0 Å². The average Bonchev–Trinajstić information content (AvgIpc) is 3.02. The topological polar surface area (TPSA) is 69.0 Å². The summed E-state index contributed by atoms with van der Waals surface area (Å²) in [5.74, 6) is 1.78. The van der Waals surface area contributed by atoms with Crippen LogP contribution in [-0.4, -0.2) is 33.1 Å². The molecule has 0 spiro atoms. The smallest absolute Gasteiger partial charge is 0.338 e. The summed E-state index contributed by atoms with van der Waals surface area (Å²) in [6.45, 7) is 8.33. The number of halogens is 1. The molecule has 0 saturated carbocycles. The fraction of sp³-hybridized carbons (Fsp3) is 0.421. The minimum absolute atomic E-state index is 0.322. The number of ether oxygens (including phenoxy) is 1. The zero-order chi connectivity index (χ0) is 19.6. The Balaban J connectivity index is 2.05. The van der Waals surface area contributed by atoms with Gasteiger partial charge in [-0.3, -0.25) is 0 Å². The number of esters is 1. The number of allylic oxidation sites excluding steroid dienone is 1. The molecule has 1 aliphatic rings. The number of nitrogens with one attached hydrogen (secondary N) is 1. The Hall–Kier alpha value is -1.80. The number of anilines is 1. The minimum Gasteiger partial charge on any atom is -0.463 e. The summed E-state index contributed by atoms with van der Waals surface area (Å²) in [5.41, 5.74) is 2.24. The quantitative estimate of drug-likeness (QED) is 0.510. The number of rotatable bonds is 6. The predicted molar refractivity (Wildman–Crippen MR) is 111 cm³/mol. The fourth-order valence-electron chi connectivity index (χ4n) is 2.86. The molecule has 0 saturated heterocycles. The maximum Gasteiger partial charge on any atom is 0.338 e. The maximum absolute atomic E-state index is 12.7. The van der Waals surface area contributed by atoms with E-state index in [0.29, 0.717) is 29.2 Å². The third-order valence-corrected chi connectivity index (χ3v) is 5.85. The largest absolute Gasteiger partial charge is 0.463 e. The first kappa shape index (κ1) is 19.9. The van der Waals surface area contributed by atoms with Crippen molar-refractivity contribution in [1.29, 1.82) is 0 Å². The molecule has 3 rings (SSSR count). The molecular weight excluding hydrogens is 428 g/mol. The SMILES string of the molecule is CCOC(=O)C1=C(C)Nc2nc(SCC(C)C)nn2C1c1ccc(Br)cc1. The summed E-state index contributed by atoms with van der Waals surface area (Å²) < 4.78 is 8.08. The summed E-state index contributed by atoms with van der Waals surface area (Å²) in [5, 5.41) is 8.60. The third kappa shape index (κ3) is 4.38. The van der Waals surface area contributed by atoms with E-state index in [4.69, 9.17) is 4.74 Å². The molecule has 1 N–H and O–H groups in total. The van der Waals surface area contributed by atoms with Crippen molar-refractivity contribution in [1.82, 2.24) is 14.8 Å². The van der Waals surface area contributed by atoms with E-state index in [1.807, 2.05) is 31.2 Å². The highest BCUT2D eigenvalue weighted by Gasteiger charge is 2.35. The van der Waals surface area contributed by atoms with Crippen LogP contribution in [0.3, 0.4) is 0 Å². The van der Waals surface area contributed by atoms with Crippen LogP contribution < -0.4 is 5.32 Å². The van der Waals surface area contributed by atoms with Crippen molar-refractivity contribution in [3.63, 3.8) is 0 Å².